The van der Waals surface area contributed by atoms with Gasteiger partial charge in [0.25, 0.3) is 0 Å². The van der Waals surface area contributed by atoms with Crippen LogP contribution >= 0.6 is 47.8 Å². The molecule has 0 amide bonds. The van der Waals surface area contributed by atoms with Crippen molar-refractivity contribution in [3.63, 3.8) is 0 Å². The van der Waals surface area contributed by atoms with Crippen molar-refractivity contribution in [2.24, 2.45) is 0 Å². The van der Waals surface area contributed by atoms with Crippen LogP contribution in [-0.4, -0.2) is 22.8 Å². The highest BCUT2D eigenvalue weighted by Crippen LogP contribution is 2.36. The number of aromatic hydroxyl groups is 1. The van der Waals surface area contributed by atoms with E-state index < -0.39 is 5.97 Å². The lowest BCUT2D eigenvalue weighted by molar-refractivity contribution is -0.136. The Morgan fingerprint density at radius 3 is 2.22 bits per heavy atom. The van der Waals surface area contributed by atoms with Gasteiger partial charge in [0.1, 0.15) is 5.75 Å². The number of carboxylic acid groups (broad SMARTS) is 1. The fourth-order valence-corrected chi connectivity index (χ4v) is 2.03. The second kappa shape index (κ2) is 8.55. The van der Waals surface area contributed by atoms with E-state index in [0.29, 0.717) is 11.1 Å². The van der Waals surface area contributed by atoms with Crippen molar-refractivity contribution in [1.82, 2.24) is 0 Å². The Balaban J connectivity index is 0.000000331. The highest BCUT2D eigenvalue weighted by Gasteiger charge is 2.04. The average molecular weight is 447 g/mol. The first-order valence-corrected chi connectivity index (χ1v) is 7.06. The first kappa shape index (κ1) is 17.5. The van der Waals surface area contributed by atoms with Gasteiger partial charge < -0.3 is 14.9 Å². The van der Waals surface area contributed by atoms with Gasteiger partial charge in [-0.2, -0.15) is 0 Å². The number of carbonyl (C=O) groups is 1. The van der Waals surface area contributed by atoms with Crippen LogP contribution in [0.3, 0.4) is 0 Å². The van der Waals surface area contributed by atoms with Crippen LogP contribution in [0.4, 0.5) is 0 Å². The van der Waals surface area contributed by atoms with E-state index in [-0.39, 0.29) is 11.5 Å². The molecule has 7 heteroatoms. The normalized spacial score (nSPS) is 9.11. The zero-order chi connectivity index (χ0) is 14.3. The average Bonchev–Trinajstić information content (AvgIpc) is 2.32. The third-order valence-corrected chi connectivity index (χ3v) is 4.92. The summed E-state index contributed by atoms with van der Waals surface area (Å²) in [6.07, 6.45) is 0. The van der Waals surface area contributed by atoms with E-state index in [1.54, 1.807) is 19.1 Å². The van der Waals surface area contributed by atoms with Crippen LogP contribution in [0.25, 0.3) is 0 Å². The lowest BCUT2D eigenvalue weighted by Crippen LogP contribution is -2.02. The van der Waals surface area contributed by atoms with Gasteiger partial charge in [-0.25, -0.2) is 4.79 Å². The highest BCUT2D eigenvalue weighted by atomic mass is 79.9. The fraction of sp³-hybridized carbons (Fsp3) is 0.182. The van der Waals surface area contributed by atoms with E-state index >= 15 is 0 Å². The summed E-state index contributed by atoms with van der Waals surface area (Å²) in [6, 6.07) is 3.38. The van der Waals surface area contributed by atoms with Gasteiger partial charge in [-0.15, -0.1) is 0 Å². The third-order valence-electron chi connectivity index (χ3n) is 1.57. The maximum absolute atomic E-state index is 9.86. The predicted molar refractivity (Wildman–Crippen MR) is 79.6 cm³/mol. The molecule has 0 heterocycles. The molecule has 1 rings (SSSR count). The zero-order valence-corrected chi connectivity index (χ0v) is 14.2. The summed E-state index contributed by atoms with van der Waals surface area (Å²) >= 11 is 9.77. The summed E-state index contributed by atoms with van der Waals surface area (Å²) in [5, 5.41) is 17.2. The molecule has 0 fully saturated rings. The Labute approximate surface area is 130 Å². The minimum Gasteiger partial charge on any atom is -0.507 e. The third kappa shape index (κ3) is 5.88. The lowest BCUT2D eigenvalue weighted by atomic mass is 10.3. The zero-order valence-electron chi connectivity index (χ0n) is 9.41. The molecule has 0 aliphatic rings. The molecule has 0 saturated heterocycles. The monoisotopic (exact) mass is 444 g/mol. The smallest absolute Gasteiger partial charge is 0.370 e. The van der Waals surface area contributed by atoms with Crippen LogP contribution in [0.2, 0.25) is 0 Å². The molecular weight excluding hydrogens is 436 g/mol. The van der Waals surface area contributed by atoms with E-state index in [1.807, 2.05) is 0 Å². The number of aliphatic carboxylic acids is 1. The van der Waals surface area contributed by atoms with E-state index in [2.05, 4.69) is 59.1 Å². The molecule has 0 unspecified atom stereocenters. The van der Waals surface area contributed by atoms with E-state index in [9.17, 15) is 4.79 Å². The summed E-state index contributed by atoms with van der Waals surface area (Å²) in [5.41, 5.74) is 0. The van der Waals surface area contributed by atoms with Gasteiger partial charge in [-0.3, -0.25) is 0 Å². The van der Waals surface area contributed by atoms with Gasteiger partial charge in [0.2, 0.25) is 0 Å². The molecular formula is C11H11Br3O4. The molecule has 0 bridgehead atoms. The molecule has 4 nitrogen and oxygen atoms in total. The number of hydrogen-bond donors (Lipinski definition) is 2. The maximum atomic E-state index is 9.86. The minimum atomic E-state index is -1.10. The van der Waals surface area contributed by atoms with Crippen molar-refractivity contribution in [2.75, 3.05) is 6.61 Å². The predicted octanol–water partition coefficient (Wildman–Crippen LogP) is 4.30. The molecule has 0 spiro atoms. The highest BCUT2D eigenvalue weighted by molar-refractivity contribution is 9.14. The molecule has 2 N–H and O–H groups in total. The number of phenolic OH excluding ortho intramolecular Hbond substituents is 1. The van der Waals surface area contributed by atoms with Crippen molar-refractivity contribution < 1.29 is 19.7 Å². The topological polar surface area (TPSA) is 66.8 Å². The SMILES string of the molecule is C=C(OCC)C(=O)O.Oc1ccc(Br)c(Br)c1Br. The molecule has 0 radical (unpaired) electrons. The summed E-state index contributed by atoms with van der Waals surface area (Å²) in [4.78, 5) is 9.86. The molecule has 1 aromatic rings. The summed E-state index contributed by atoms with van der Waals surface area (Å²) in [6.45, 7) is 5.18. The molecule has 0 atom stereocenters. The summed E-state index contributed by atoms with van der Waals surface area (Å²) < 4.78 is 6.92. The molecule has 18 heavy (non-hydrogen) atoms. The number of rotatable bonds is 3. The first-order chi connectivity index (χ1) is 8.31. The standard InChI is InChI=1S/C6H3Br3O.C5H8O3/c7-3-1-2-4(10)6(9)5(3)8;1-3-8-4(2)5(6)7/h1-2,10H;2-3H2,1H3,(H,6,7). The fourth-order valence-electron chi connectivity index (χ4n) is 0.752. The van der Waals surface area contributed by atoms with Crippen molar-refractivity contribution in [3.8, 4) is 5.75 Å². The number of benzene rings is 1. The van der Waals surface area contributed by atoms with Crippen LogP contribution in [0.1, 0.15) is 6.92 Å². The molecule has 0 aliphatic heterocycles. The largest absolute Gasteiger partial charge is 0.507 e. The number of carboxylic acids is 1. The van der Waals surface area contributed by atoms with Gasteiger partial charge >= 0.3 is 5.97 Å². The quantitative estimate of drug-likeness (QED) is 0.412. The van der Waals surface area contributed by atoms with Gasteiger partial charge in [-0.1, -0.05) is 0 Å². The summed E-state index contributed by atoms with van der Waals surface area (Å²) in [7, 11) is 0. The Bertz CT molecular complexity index is 419. The minimum absolute atomic E-state index is 0.201. The Morgan fingerprint density at radius 2 is 1.89 bits per heavy atom. The second-order valence-corrected chi connectivity index (χ2v) is 5.30. The van der Waals surface area contributed by atoms with Gasteiger partial charge in [0, 0.05) is 8.95 Å². The Morgan fingerprint density at radius 1 is 1.33 bits per heavy atom. The number of halogens is 3. The molecule has 1 aromatic carbocycles. The first-order valence-electron chi connectivity index (χ1n) is 4.68. The molecule has 0 aliphatic carbocycles. The lowest BCUT2D eigenvalue weighted by Gasteiger charge is -2.00. The van der Waals surface area contributed by atoms with Gasteiger partial charge in [-0.05, 0) is 73.4 Å². The van der Waals surface area contributed by atoms with Crippen molar-refractivity contribution in [1.29, 1.82) is 0 Å². The van der Waals surface area contributed by atoms with Crippen LogP contribution in [0, 0.1) is 0 Å². The van der Waals surface area contributed by atoms with Gasteiger partial charge in [0.05, 0.1) is 11.1 Å². The van der Waals surface area contributed by atoms with Crippen molar-refractivity contribution >= 4 is 53.8 Å². The number of hydrogen-bond acceptors (Lipinski definition) is 3. The van der Waals surface area contributed by atoms with E-state index in [0.717, 1.165) is 8.95 Å². The number of ether oxygens (including phenoxy) is 1. The Kier molecular flexibility index (Phi) is 8.30. The van der Waals surface area contributed by atoms with Crippen LogP contribution < -0.4 is 0 Å². The molecule has 0 saturated carbocycles. The molecule has 0 aromatic heterocycles. The van der Waals surface area contributed by atoms with Crippen molar-refractivity contribution in [3.05, 3.63) is 37.9 Å². The van der Waals surface area contributed by atoms with Gasteiger partial charge in [0.15, 0.2) is 5.76 Å². The Hall–Kier alpha value is -0.530. The van der Waals surface area contributed by atoms with E-state index in [1.165, 1.54) is 0 Å². The molecule has 100 valence electrons. The maximum Gasteiger partial charge on any atom is 0.370 e. The summed E-state index contributed by atoms with van der Waals surface area (Å²) in [5.74, 6) is -1.07. The van der Waals surface area contributed by atoms with Crippen LogP contribution in [-0.2, 0) is 9.53 Å². The van der Waals surface area contributed by atoms with E-state index in [4.69, 9.17) is 10.2 Å². The van der Waals surface area contributed by atoms with Crippen LogP contribution in [0.5, 0.6) is 5.75 Å². The van der Waals surface area contributed by atoms with Crippen molar-refractivity contribution in [2.45, 2.75) is 6.92 Å². The van der Waals surface area contributed by atoms with Crippen LogP contribution in [0.15, 0.2) is 37.9 Å². The second-order valence-electron chi connectivity index (χ2n) is 2.86. The number of phenols is 1.